The molecule has 0 aliphatic carbocycles. The van der Waals surface area contributed by atoms with Gasteiger partial charge in [0.25, 0.3) is 0 Å². The Hall–Kier alpha value is -7.10. The van der Waals surface area contributed by atoms with Crippen LogP contribution >= 0.6 is 0 Å². The van der Waals surface area contributed by atoms with E-state index >= 15 is 0 Å². The van der Waals surface area contributed by atoms with Gasteiger partial charge in [-0.1, -0.05) is 97.1 Å². The second kappa shape index (κ2) is 11.0. The molecule has 0 aliphatic heterocycles. The summed E-state index contributed by atoms with van der Waals surface area (Å²) in [6, 6.07) is 50.7. The van der Waals surface area contributed by atoms with Gasteiger partial charge in [0.1, 0.15) is 22.3 Å². The topological polar surface area (TPSA) is 88.7 Å². The molecule has 0 aliphatic rings. The standard InChI is InChI=1S/C44H24N4O2/c45-25-26-8-5-11-30(22-26)42-46-43(48-44(47-42)34-15-7-17-38-41(34)33-14-3-4-16-36(33)49-38)31-12-6-10-28(23-31)29-19-20-37-35(24-29)40-32-13-2-1-9-27(32)18-21-39(40)50-37/h1-24H. The quantitative estimate of drug-likeness (QED) is 0.190. The Morgan fingerprint density at radius 1 is 0.420 bits per heavy atom. The fraction of sp³-hybridized carbons (Fsp3) is 0. The van der Waals surface area contributed by atoms with Crippen LogP contribution in [0.15, 0.2) is 154 Å². The van der Waals surface area contributed by atoms with Gasteiger partial charge >= 0.3 is 0 Å². The highest BCUT2D eigenvalue weighted by molar-refractivity contribution is 6.19. The molecular weight excluding hydrogens is 617 g/mol. The molecule has 0 bridgehead atoms. The summed E-state index contributed by atoms with van der Waals surface area (Å²) < 4.78 is 12.5. The summed E-state index contributed by atoms with van der Waals surface area (Å²) in [6.07, 6.45) is 0. The molecule has 0 saturated carbocycles. The van der Waals surface area contributed by atoms with E-state index in [1.54, 1.807) is 12.1 Å². The number of benzene rings is 7. The molecule has 0 amide bonds. The largest absolute Gasteiger partial charge is 0.456 e. The SMILES string of the molecule is N#Cc1cccc(-c2nc(-c3cccc(-c4ccc5oc6ccc7ccccc7c6c5c4)c3)nc(-c3cccc4oc5ccccc5c34)n2)c1. The predicted octanol–water partition coefficient (Wildman–Crippen LogP) is 11.4. The van der Waals surface area contributed by atoms with Crippen molar-refractivity contribution >= 4 is 54.6 Å². The predicted molar refractivity (Wildman–Crippen MR) is 198 cm³/mol. The maximum absolute atomic E-state index is 9.65. The van der Waals surface area contributed by atoms with Crippen LogP contribution in [0, 0.1) is 11.3 Å². The van der Waals surface area contributed by atoms with Crippen LogP contribution in [0.3, 0.4) is 0 Å². The third kappa shape index (κ3) is 4.45. The first kappa shape index (κ1) is 28.0. The molecule has 10 rings (SSSR count). The Morgan fingerprint density at radius 3 is 1.90 bits per heavy atom. The highest BCUT2D eigenvalue weighted by Gasteiger charge is 2.18. The molecule has 10 aromatic rings. The molecule has 232 valence electrons. The molecule has 3 aromatic heterocycles. The number of furan rings is 2. The highest BCUT2D eigenvalue weighted by atomic mass is 16.3. The van der Waals surface area contributed by atoms with Crippen LogP contribution in [-0.4, -0.2) is 15.0 Å². The first-order valence-electron chi connectivity index (χ1n) is 16.3. The van der Waals surface area contributed by atoms with Gasteiger partial charge in [-0.2, -0.15) is 5.26 Å². The zero-order valence-corrected chi connectivity index (χ0v) is 26.5. The van der Waals surface area contributed by atoms with Gasteiger partial charge in [0.05, 0.1) is 11.6 Å². The number of nitriles is 1. The molecule has 6 heteroatoms. The van der Waals surface area contributed by atoms with Crippen LogP contribution in [0.2, 0.25) is 0 Å². The molecule has 0 saturated heterocycles. The average molecular weight is 641 g/mol. The highest BCUT2D eigenvalue weighted by Crippen LogP contribution is 2.39. The van der Waals surface area contributed by atoms with E-state index in [4.69, 9.17) is 23.8 Å². The molecule has 0 unspecified atom stereocenters. The second-order valence-corrected chi connectivity index (χ2v) is 12.3. The van der Waals surface area contributed by atoms with Crippen LogP contribution in [-0.2, 0) is 0 Å². The fourth-order valence-corrected chi connectivity index (χ4v) is 7.01. The van der Waals surface area contributed by atoms with Crippen molar-refractivity contribution in [2.24, 2.45) is 0 Å². The molecule has 6 nitrogen and oxygen atoms in total. The minimum Gasteiger partial charge on any atom is -0.456 e. The van der Waals surface area contributed by atoms with E-state index in [9.17, 15) is 5.26 Å². The maximum Gasteiger partial charge on any atom is 0.164 e. The molecule has 3 heterocycles. The lowest BCUT2D eigenvalue weighted by atomic mass is 9.99. The number of para-hydroxylation sites is 1. The van der Waals surface area contributed by atoms with Crippen LogP contribution in [0.25, 0.3) is 99.9 Å². The monoisotopic (exact) mass is 640 g/mol. The van der Waals surface area contributed by atoms with Crippen LogP contribution in [0.1, 0.15) is 5.56 Å². The van der Waals surface area contributed by atoms with Crippen molar-refractivity contribution in [2.45, 2.75) is 0 Å². The first-order valence-corrected chi connectivity index (χ1v) is 16.3. The molecule has 0 radical (unpaired) electrons. The van der Waals surface area contributed by atoms with Gasteiger partial charge in [-0.15, -0.1) is 0 Å². The van der Waals surface area contributed by atoms with Crippen molar-refractivity contribution in [3.05, 3.63) is 151 Å². The van der Waals surface area contributed by atoms with Crippen molar-refractivity contribution < 1.29 is 8.83 Å². The third-order valence-corrected chi connectivity index (χ3v) is 9.34. The van der Waals surface area contributed by atoms with Crippen molar-refractivity contribution in [3.8, 4) is 51.4 Å². The molecule has 0 atom stereocenters. The van der Waals surface area contributed by atoms with Crippen LogP contribution in [0.5, 0.6) is 0 Å². The summed E-state index contributed by atoms with van der Waals surface area (Å²) >= 11 is 0. The normalized spacial score (nSPS) is 11.6. The lowest BCUT2D eigenvalue weighted by molar-refractivity contribution is 0.668. The number of fused-ring (bicyclic) bond motifs is 8. The zero-order chi connectivity index (χ0) is 33.2. The lowest BCUT2D eigenvalue weighted by Gasteiger charge is -2.10. The third-order valence-electron chi connectivity index (χ3n) is 9.34. The number of nitrogens with zero attached hydrogens (tertiary/aromatic N) is 4. The van der Waals surface area contributed by atoms with Crippen molar-refractivity contribution in [2.75, 3.05) is 0 Å². The summed E-state index contributed by atoms with van der Waals surface area (Å²) in [6.45, 7) is 0. The second-order valence-electron chi connectivity index (χ2n) is 12.3. The van der Waals surface area contributed by atoms with Gasteiger partial charge in [0.15, 0.2) is 17.5 Å². The molecular formula is C44H24N4O2. The van der Waals surface area contributed by atoms with Gasteiger partial charge in [0, 0.05) is 38.2 Å². The minimum absolute atomic E-state index is 0.482. The maximum atomic E-state index is 9.65. The molecule has 7 aromatic carbocycles. The first-order chi connectivity index (χ1) is 24.7. The molecule has 0 fully saturated rings. The lowest BCUT2D eigenvalue weighted by Crippen LogP contribution is -2.00. The van der Waals surface area contributed by atoms with E-state index in [2.05, 4.69) is 66.7 Å². The van der Waals surface area contributed by atoms with Crippen molar-refractivity contribution in [3.63, 3.8) is 0 Å². The van der Waals surface area contributed by atoms with E-state index in [0.29, 0.717) is 23.0 Å². The zero-order valence-electron chi connectivity index (χ0n) is 26.5. The Balaban J connectivity index is 1.16. The smallest absolute Gasteiger partial charge is 0.164 e. The Kier molecular flexibility index (Phi) is 6.14. The summed E-state index contributed by atoms with van der Waals surface area (Å²) in [5.41, 5.74) is 8.32. The van der Waals surface area contributed by atoms with Crippen molar-refractivity contribution in [1.29, 1.82) is 5.26 Å². The van der Waals surface area contributed by atoms with Crippen LogP contribution in [0.4, 0.5) is 0 Å². The van der Waals surface area contributed by atoms with Gasteiger partial charge in [0.2, 0.25) is 0 Å². The van der Waals surface area contributed by atoms with Gasteiger partial charge in [-0.3, -0.25) is 0 Å². The minimum atomic E-state index is 0.482. The summed E-state index contributed by atoms with van der Waals surface area (Å²) in [4.78, 5) is 15.1. The number of rotatable bonds is 4. The van der Waals surface area contributed by atoms with E-state index < -0.39 is 0 Å². The molecule has 0 spiro atoms. The summed E-state index contributed by atoms with van der Waals surface area (Å²) in [7, 11) is 0. The van der Waals surface area contributed by atoms with Crippen LogP contribution < -0.4 is 0 Å². The Labute approximate surface area is 285 Å². The number of hydrogen-bond acceptors (Lipinski definition) is 6. The summed E-state index contributed by atoms with van der Waals surface area (Å²) in [5.74, 6) is 1.53. The fourth-order valence-electron chi connectivity index (χ4n) is 7.01. The molecule has 50 heavy (non-hydrogen) atoms. The van der Waals surface area contributed by atoms with E-state index in [0.717, 1.165) is 71.7 Å². The molecule has 0 N–H and O–H groups in total. The summed E-state index contributed by atoms with van der Waals surface area (Å²) in [5, 5.41) is 16.1. The number of hydrogen-bond donors (Lipinski definition) is 0. The van der Waals surface area contributed by atoms with Gasteiger partial charge in [-0.25, -0.2) is 15.0 Å². The van der Waals surface area contributed by atoms with E-state index in [-0.39, 0.29) is 0 Å². The van der Waals surface area contributed by atoms with Gasteiger partial charge in [-0.05, 0) is 70.4 Å². The average Bonchev–Trinajstić information content (AvgIpc) is 3.76. The number of aromatic nitrogens is 3. The van der Waals surface area contributed by atoms with E-state index in [1.807, 2.05) is 72.8 Å². The van der Waals surface area contributed by atoms with Crippen molar-refractivity contribution in [1.82, 2.24) is 15.0 Å². The van der Waals surface area contributed by atoms with E-state index in [1.165, 1.54) is 10.8 Å². The van der Waals surface area contributed by atoms with Gasteiger partial charge < -0.3 is 8.83 Å². The Morgan fingerprint density at radius 2 is 1.04 bits per heavy atom. The Bertz CT molecular complexity index is 3020.